The third-order valence-electron chi connectivity index (χ3n) is 3.75. The Morgan fingerprint density at radius 2 is 2.00 bits per heavy atom. The second-order valence-corrected chi connectivity index (χ2v) is 6.19. The molecule has 2 unspecified atom stereocenters. The van der Waals surface area contributed by atoms with Crippen molar-refractivity contribution in [3.63, 3.8) is 0 Å². The van der Waals surface area contributed by atoms with Crippen LogP contribution in [0.4, 0.5) is 0 Å². The van der Waals surface area contributed by atoms with Crippen molar-refractivity contribution in [2.24, 2.45) is 0 Å². The Kier molecular flexibility index (Phi) is 2.50. The van der Waals surface area contributed by atoms with Gasteiger partial charge in [-0.25, -0.2) is 0 Å². The number of likely N-dealkylation sites (tertiary alicyclic amines) is 1. The molecule has 80 valence electrons. The molecular formula is C11H20N2S. The van der Waals surface area contributed by atoms with Gasteiger partial charge in [-0.3, -0.25) is 4.90 Å². The molecule has 2 saturated heterocycles. The predicted octanol–water partition coefficient (Wildman–Crippen LogP) is 1.32. The lowest BCUT2D eigenvalue weighted by molar-refractivity contribution is 0.254. The van der Waals surface area contributed by atoms with Gasteiger partial charge in [0.25, 0.3) is 0 Å². The summed E-state index contributed by atoms with van der Waals surface area (Å²) in [6.07, 6.45) is 4.28. The summed E-state index contributed by atoms with van der Waals surface area (Å²) < 4.78 is 0. The van der Waals surface area contributed by atoms with E-state index in [2.05, 4.69) is 28.9 Å². The van der Waals surface area contributed by atoms with Crippen molar-refractivity contribution in [1.29, 1.82) is 0 Å². The molecule has 3 fully saturated rings. The highest BCUT2D eigenvalue weighted by molar-refractivity contribution is 8.00. The van der Waals surface area contributed by atoms with Crippen LogP contribution in [0, 0.1) is 0 Å². The molecular weight excluding hydrogens is 192 g/mol. The van der Waals surface area contributed by atoms with Crippen LogP contribution in [0.2, 0.25) is 0 Å². The molecule has 1 N–H and O–H groups in total. The van der Waals surface area contributed by atoms with E-state index >= 15 is 0 Å². The van der Waals surface area contributed by atoms with Crippen molar-refractivity contribution in [2.45, 2.75) is 50.4 Å². The van der Waals surface area contributed by atoms with E-state index in [4.69, 9.17) is 0 Å². The zero-order chi connectivity index (χ0) is 9.54. The highest BCUT2D eigenvalue weighted by Crippen LogP contribution is 2.33. The van der Waals surface area contributed by atoms with Gasteiger partial charge in [0.1, 0.15) is 0 Å². The predicted molar refractivity (Wildman–Crippen MR) is 61.8 cm³/mol. The lowest BCUT2D eigenvalue weighted by atomic mass is 10.2. The molecule has 0 aromatic carbocycles. The summed E-state index contributed by atoms with van der Waals surface area (Å²) in [5.41, 5.74) is 0. The largest absolute Gasteiger partial charge is 0.308 e. The van der Waals surface area contributed by atoms with E-state index in [1.807, 2.05) is 0 Å². The molecule has 2 atom stereocenters. The monoisotopic (exact) mass is 212 g/mol. The Morgan fingerprint density at radius 3 is 2.57 bits per heavy atom. The number of nitrogens with one attached hydrogen (secondary N) is 1. The molecule has 3 rings (SSSR count). The molecule has 0 spiro atoms. The lowest BCUT2D eigenvalue weighted by Gasteiger charge is -2.29. The Bertz CT molecular complexity index is 213. The second-order valence-electron chi connectivity index (χ2n) is 5.11. The van der Waals surface area contributed by atoms with E-state index in [1.54, 1.807) is 0 Å². The third-order valence-corrected chi connectivity index (χ3v) is 5.02. The third kappa shape index (κ3) is 1.82. The molecule has 2 aliphatic heterocycles. The van der Waals surface area contributed by atoms with Crippen LogP contribution in [0.1, 0.15) is 26.2 Å². The van der Waals surface area contributed by atoms with Gasteiger partial charge in [0.05, 0.1) is 0 Å². The Hall–Kier alpha value is 0.270. The molecule has 2 nitrogen and oxygen atoms in total. The SMILES string of the molecule is CC1CC(NC2CSC2)CN1C1CC1. The minimum atomic E-state index is 0.788. The van der Waals surface area contributed by atoms with Crippen LogP contribution in [0.25, 0.3) is 0 Å². The van der Waals surface area contributed by atoms with Crippen molar-refractivity contribution >= 4 is 11.8 Å². The Balaban J connectivity index is 1.51. The highest BCUT2D eigenvalue weighted by Gasteiger charge is 2.39. The molecule has 3 heteroatoms. The molecule has 0 aromatic heterocycles. The molecule has 0 amide bonds. The van der Waals surface area contributed by atoms with E-state index in [0.717, 1.165) is 24.2 Å². The molecule has 0 radical (unpaired) electrons. The Labute approximate surface area is 90.8 Å². The summed E-state index contributed by atoms with van der Waals surface area (Å²) in [7, 11) is 0. The van der Waals surface area contributed by atoms with E-state index < -0.39 is 0 Å². The number of hydrogen-bond acceptors (Lipinski definition) is 3. The zero-order valence-electron chi connectivity index (χ0n) is 8.91. The molecule has 1 saturated carbocycles. The second kappa shape index (κ2) is 3.69. The van der Waals surface area contributed by atoms with Crippen molar-refractivity contribution in [1.82, 2.24) is 10.2 Å². The van der Waals surface area contributed by atoms with E-state index in [1.165, 1.54) is 37.3 Å². The smallest absolute Gasteiger partial charge is 0.0251 e. The molecule has 0 aromatic rings. The van der Waals surface area contributed by atoms with Crippen LogP contribution in [0.3, 0.4) is 0 Å². The van der Waals surface area contributed by atoms with E-state index in [9.17, 15) is 0 Å². The van der Waals surface area contributed by atoms with Gasteiger partial charge in [0.2, 0.25) is 0 Å². The summed E-state index contributed by atoms with van der Waals surface area (Å²) in [6.45, 7) is 3.71. The fourth-order valence-electron chi connectivity index (χ4n) is 2.76. The van der Waals surface area contributed by atoms with Crippen LogP contribution in [-0.4, -0.2) is 47.1 Å². The summed E-state index contributed by atoms with van der Waals surface area (Å²) >= 11 is 2.07. The number of rotatable bonds is 3. The average Bonchev–Trinajstić information content (AvgIpc) is 2.85. The van der Waals surface area contributed by atoms with Gasteiger partial charge in [-0.15, -0.1) is 0 Å². The molecule has 14 heavy (non-hydrogen) atoms. The van der Waals surface area contributed by atoms with E-state index in [-0.39, 0.29) is 0 Å². The molecule has 3 aliphatic rings. The fourth-order valence-corrected chi connectivity index (χ4v) is 3.42. The Morgan fingerprint density at radius 1 is 1.21 bits per heavy atom. The molecule has 2 heterocycles. The normalized spacial score (nSPS) is 40.1. The topological polar surface area (TPSA) is 15.3 Å². The number of hydrogen-bond donors (Lipinski definition) is 1. The minimum absolute atomic E-state index is 0.788. The van der Waals surface area contributed by atoms with Gasteiger partial charge < -0.3 is 5.32 Å². The summed E-state index contributed by atoms with van der Waals surface area (Å²) in [4.78, 5) is 2.73. The first-order chi connectivity index (χ1) is 6.83. The van der Waals surface area contributed by atoms with Crippen LogP contribution in [-0.2, 0) is 0 Å². The highest BCUT2D eigenvalue weighted by atomic mass is 32.2. The maximum atomic E-state index is 3.80. The summed E-state index contributed by atoms with van der Waals surface area (Å²) in [6, 6.07) is 3.40. The molecule has 1 aliphatic carbocycles. The van der Waals surface area contributed by atoms with E-state index in [0.29, 0.717) is 0 Å². The van der Waals surface area contributed by atoms with Crippen LogP contribution in [0.15, 0.2) is 0 Å². The maximum absolute atomic E-state index is 3.80. The van der Waals surface area contributed by atoms with Gasteiger partial charge in [-0.1, -0.05) is 0 Å². The van der Waals surface area contributed by atoms with Gasteiger partial charge >= 0.3 is 0 Å². The average molecular weight is 212 g/mol. The van der Waals surface area contributed by atoms with Crippen LogP contribution in [0.5, 0.6) is 0 Å². The van der Waals surface area contributed by atoms with Gasteiger partial charge in [0, 0.05) is 42.2 Å². The number of nitrogens with zero attached hydrogens (tertiary/aromatic N) is 1. The zero-order valence-corrected chi connectivity index (χ0v) is 9.72. The van der Waals surface area contributed by atoms with Crippen LogP contribution >= 0.6 is 11.8 Å². The molecule has 0 bridgehead atoms. The fraction of sp³-hybridized carbons (Fsp3) is 1.00. The minimum Gasteiger partial charge on any atom is -0.308 e. The van der Waals surface area contributed by atoms with Crippen molar-refractivity contribution < 1.29 is 0 Å². The number of thioether (sulfide) groups is 1. The quantitative estimate of drug-likeness (QED) is 0.759. The van der Waals surface area contributed by atoms with Crippen LogP contribution < -0.4 is 5.32 Å². The first-order valence-electron chi connectivity index (χ1n) is 5.92. The summed E-state index contributed by atoms with van der Waals surface area (Å²) in [5, 5.41) is 3.80. The first kappa shape index (κ1) is 9.49. The first-order valence-corrected chi connectivity index (χ1v) is 7.08. The van der Waals surface area contributed by atoms with Gasteiger partial charge in [-0.2, -0.15) is 11.8 Å². The maximum Gasteiger partial charge on any atom is 0.0251 e. The van der Waals surface area contributed by atoms with Gasteiger partial charge in [0.15, 0.2) is 0 Å². The van der Waals surface area contributed by atoms with Crippen molar-refractivity contribution in [3.05, 3.63) is 0 Å². The van der Waals surface area contributed by atoms with Crippen molar-refractivity contribution in [2.75, 3.05) is 18.1 Å². The lowest BCUT2D eigenvalue weighted by Crippen LogP contribution is -2.47. The van der Waals surface area contributed by atoms with Crippen molar-refractivity contribution in [3.8, 4) is 0 Å². The summed E-state index contributed by atoms with van der Waals surface area (Å²) in [5.74, 6) is 2.68. The van der Waals surface area contributed by atoms with Gasteiger partial charge in [-0.05, 0) is 26.2 Å². The standard InChI is InChI=1S/C11H20N2S/c1-8-4-9(12-10-6-14-7-10)5-13(8)11-2-3-11/h8-12H,2-7H2,1H3.